The third kappa shape index (κ3) is 3.06. The summed E-state index contributed by atoms with van der Waals surface area (Å²) in [7, 11) is 1.86. The number of rotatable bonds is 3. The molecule has 6 heteroatoms. The zero-order chi connectivity index (χ0) is 16.4. The molecule has 1 atom stereocenters. The second-order valence-electron chi connectivity index (χ2n) is 6.01. The van der Waals surface area contributed by atoms with E-state index in [2.05, 4.69) is 21.5 Å². The Balaban J connectivity index is 1.79. The zero-order valence-electron chi connectivity index (χ0n) is 13.8. The van der Waals surface area contributed by atoms with Gasteiger partial charge in [0.1, 0.15) is 17.1 Å². The van der Waals surface area contributed by atoms with Gasteiger partial charge in [0.15, 0.2) is 0 Å². The summed E-state index contributed by atoms with van der Waals surface area (Å²) >= 11 is 0. The molecule has 2 aromatic heterocycles. The molecule has 0 aliphatic carbocycles. The number of hydrogen-bond donors (Lipinski definition) is 1. The van der Waals surface area contributed by atoms with Gasteiger partial charge in [-0.1, -0.05) is 5.16 Å². The smallest absolute Gasteiger partial charge is 0.259 e. The topological polar surface area (TPSA) is 71.3 Å². The summed E-state index contributed by atoms with van der Waals surface area (Å²) in [4.78, 5) is 19.0. The molecule has 1 aliphatic heterocycles. The van der Waals surface area contributed by atoms with E-state index in [1.807, 2.05) is 31.1 Å². The minimum Gasteiger partial charge on any atom is -0.373 e. The lowest BCUT2D eigenvalue weighted by molar-refractivity contribution is 0.0704. The molecule has 1 amide bonds. The highest BCUT2D eigenvalue weighted by Gasteiger charge is 2.29. The SMILES string of the molecule is CNc1cc([C@@H]2CCCN(C(=O)c3c(C)noc3C)C2)ccn1. The summed E-state index contributed by atoms with van der Waals surface area (Å²) in [6.07, 6.45) is 3.89. The lowest BCUT2D eigenvalue weighted by Gasteiger charge is -2.33. The molecule has 2 aromatic rings. The van der Waals surface area contributed by atoms with Gasteiger partial charge in [0.05, 0.1) is 5.69 Å². The van der Waals surface area contributed by atoms with Crippen LogP contribution in [0.4, 0.5) is 5.82 Å². The molecular formula is C17H22N4O2. The fraction of sp³-hybridized carbons (Fsp3) is 0.471. The van der Waals surface area contributed by atoms with Crippen molar-refractivity contribution in [3.05, 3.63) is 40.9 Å². The van der Waals surface area contributed by atoms with E-state index in [0.717, 1.165) is 31.7 Å². The average Bonchev–Trinajstić information content (AvgIpc) is 2.93. The lowest BCUT2D eigenvalue weighted by atomic mass is 9.90. The third-order valence-corrected chi connectivity index (χ3v) is 4.47. The first-order chi connectivity index (χ1) is 11.1. The number of aromatic nitrogens is 2. The molecule has 1 N–H and O–H groups in total. The van der Waals surface area contributed by atoms with Gasteiger partial charge >= 0.3 is 0 Å². The largest absolute Gasteiger partial charge is 0.373 e. The molecule has 122 valence electrons. The van der Waals surface area contributed by atoms with E-state index in [4.69, 9.17) is 4.52 Å². The number of piperidine rings is 1. The van der Waals surface area contributed by atoms with Gasteiger partial charge < -0.3 is 14.7 Å². The lowest BCUT2D eigenvalue weighted by Crippen LogP contribution is -2.39. The van der Waals surface area contributed by atoms with E-state index in [1.54, 1.807) is 6.92 Å². The highest BCUT2D eigenvalue weighted by molar-refractivity contribution is 5.96. The fourth-order valence-corrected chi connectivity index (χ4v) is 3.22. The Kier molecular flexibility index (Phi) is 4.32. The standard InChI is InChI=1S/C17H22N4O2/c1-11-16(12(2)23-20-11)17(22)21-8-4-5-14(10-21)13-6-7-19-15(9-13)18-3/h6-7,9,14H,4-5,8,10H2,1-3H3,(H,18,19)/t14-/m1/s1. The summed E-state index contributed by atoms with van der Waals surface area (Å²) in [5.74, 6) is 1.81. The molecule has 3 rings (SSSR count). The Morgan fingerprint density at radius 1 is 1.43 bits per heavy atom. The zero-order valence-corrected chi connectivity index (χ0v) is 13.8. The molecule has 0 aromatic carbocycles. The first-order valence-electron chi connectivity index (χ1n) is 7.96. The molecule has 1 fully saturated rings. The van der Waals surface area contributed by atoms with Crippen molar-refractivity contribution >= 4 is 11.7 Å². The van der Waals surface area contributed by atoms with E-state index in [-0.39, 0.29) is 5.91 Å². The molecule has 0 unspecified atom stereocenters. The molecule has 0 spiro atoms. The van der Waals surface area contributed by atoms with E-state index in [0.29, 0.717) is 22.9 Å². The van der Waals surface area contributed by atoms with Gasteiger partial charge in [-0.25, -0.2) is 4.98 Å². The van der Waals surface area contributed by atoms with Crippen LogP contribution in [0.15, 0.2) is 22.9 Å². The van der Waals surface area contributed by atoms with Crippen molar-refractivity contribution in [3.63, 3.8) is 0 Å². The quantitative estimate of drug-likeness (QED) is 0.943. The monoisotopic (exact) mass is 314 g/mol. The number of likely N-dealkylation sites (tertiary alicyclic amines) is 1. The summed E-state index contributed by atoms with van der Waals surface area (Å²) < 4.78 is 5.13. The average molecular weight is 314 g/mol. The van der Waals surface area contributed by atoms with Crippen molar-refractivity contribution in [1.82, 2.24) is 15.0 Å². The molecule has 3 heterocycles. The number of amides is 1. The minimum absolute atomic E-state index is 0.0221. The Bertz CT molecular complexity index is 691. The van der Waals surface area contributed by atoms with Crippen LogP contribution in [-0.2, 0) is 0 Å². The van der Waals surface area contributed by atoms with Crippen LogP contribution in [0, 0.1) is 13.8 Å². The number of nitrogens with zero attached hydrogens (tertiary/aromatic N) is 3. The maximum atomic E-state index is 12.8. The molecule has 6 nitrogen and oxygen atoms in total. The second kappa shape index (κ2) is 6.40. The predicted octanol–water partition coefficient (Wildman–Crippen LogP) is 2.75. The molecule has 23 heavy (non-hydrogen) atoms. The van der Waals surface area contributed by atoms with Crippen molar-refractivity contribution < 1.29 is 9.32 Å². The van der Waals surface area contributed by atoms with E-state index >= 15 is 0 Å². The number of anilines is 1. The maximum Gasteiger partial charge on any atom is 0.259 e. The number of carbonyl (C=O) groups is 1. The molecule has 1 saturated heterocycles. The highest BCUT2D eigenvalue weighted by Crippen LogP contribution is 2.29. The van der Waals surface area contributed by atoms with Gasteiger partial charge in [0.2, 0.25) is 0 Å². The van der Waals surface area contributed by atoms with Crippen molar-refractivity contribution in [2.45, 2.75) is 32.6 Å². The maximum absolute atomic E-state index is 12.8. The first kappa shape index (κ1) is 15.5. The Morgan fingerprint density at radius 3 is 2.96 bits per heavy atom. The van der Waals surface area contributed by atoms with Crippen molar-refractivity contribution in [2.75, 3.05) is 25.5 Å². The van der Waals surface area contributed by atoms with Gasteiger partial charge in [-0.3, -0.25) is 4.79 Å². The summed E-state index contributed by atoms with van der Waals surface area (Å²) in [5, 5.41) is 6.96. The number of pyridine rings is 1. The predicted molar refractivity (Wildman–Crippen MR) is 87.6 cm³/mol. The van der Waals surface area contributed by atoms with E-state index in [9.17, 15) is 4.79 Å². The number of nitrogens with one attached hydrogen (secondary N) is 1. The first-order valence-corrected chi connectivity index (χ1v) is 7.96. The van der Waals surface area contributed by atoms with Crippen LogP contribution in [0.5, 0.6) is 0 Å². The highest BCUT2D eigenvalue weighted by atomic mass is 16.5. The van der Waals surface area contributed by atoms with Crippen molar-refractivity contribution in [2.24, 2.45) is 0 Å². The van der Waals surface area contributed by atoms with Crippen LogP contribution in [0.3, 0.4) is 0 Å². The van der Waals surface area contributed by atoms with E-state index < -0.39 is 0 Å². The Morgan fingerprint density at radius 2 is 2.26 bits per heavy atom. The Hall–Kier alpha value is -2.37. The van der Waals surface area contributed by atoms with Crippen LogP contribution >= 0.6 is 0 Å². The van der Waals surface area contributed by atoms with Crippen molar-refractivity contribution in [3.8, 4) is 0 Å². The summed E-state index contributed by atoms with van der Waals surface area (Å²) in [5.41, 5.74) is 2.49. The van der Waals surface area contributed by atoms with Gasteiger partial charge in [-0.15, -0.1) is 0 Å². The third-order valence-electron chi connectivity index (χ3n) is 4.47. The van der Waals surface area contributed by atoms with Gasteiger partial charge in [-0.2, -0.15) is 0 Å². The molecule has 0 saturated carbocycles. The minimum atomic E-state index is 0.0221. The number of hydrogen-bond acceptors (Lipinski definition) is 5. The normalized spacial score (nSPS) is 18.0. The van der Waals surface area contributed by atoms with E-state index in [1.165, 1.54) is 5.56 Å². The molecule has 0 radical (unpaired) electrons. The van der Waals surface area contributed by atoms with Crippen LogP contribution in [0.1, 0.15) is 46.1 Å². The number of carbonyl (C=O) groups excluding carboxylic acids is 1. The molecule has 1 aliphatic rings. The van der Waals surface area contributed by atoms with Gasteiger partial charge in [0.25, 0.3) is 5.91 Å². The summed E-state index contributed by atoms with van der Waals surface area (Å²) in [6.45, 7) is 5.10. The molecule has 0 bridgehead atoms. The van der Waals surface area contributed by atoms with Crippen LogP contribution < -0.4 is 5.32 Å². The summed E-state index contributed by atoms with van der Waals surface area (Å²) in [6, 6.07) is 4.10. The van der Waals surface area contributed by atoms with Crippen LogP contribution in [-0.4, -0.2) is 41.1 Å². The second-order valence-corrected chi connectivity index (χ2v) is 6.01. The number of aryl methyl sites for hydroxylation is 2. The van der Waals surface area contributed by atoms with Gasteiger partial charge in [-0.05, 0) is 44.4 Å². The van der Waals surface area contributed by atoms with Crippen LogP contribution in [0.25, 0.3) is 0 Å². The fourth-order valence-electron chi connectivity index (χ4n) is 3.22. The Labute approximate surface area is 135 Å². The molecular weight excluding hydrogens is 292 g/mol. The van der Waals surface area contributed by atoms with Gasteiger partial charge in [0, 0.05) is 32.3 Å². The van der Waals surface area contributed by atoms with Crippen LogP contribution in [0.2, 0.25) is 0 Å². The van der Waals surface area contributed by atoms with Crippen molar-refractivity contribution in [1.29, 1.82) is 0 Å².